The molecule has 1 rings (SSSR count). The van der Waals surface area contributed by atoms with Gasteiger partial charge >= 0.3 is 5.97 Å². The summed E-state index contributed by atoms with van der Waals surface area (Å²) in [6, 6.07) is -0.185. The minimum atomic E-state index is -0.185. The Balaban J connectivity index is 2.41. The normalized spacial score (nSPS) is 17.6. The van der Waals surface area contributed by atoms with E-state index >= 15 is 0 Å². The van der Waals surface area contributed by atoms with Crippen molar-refractivity contribution in [3.63, 3.8) is 0 Å². The zero-order valence-corrected chi connectivity index (χ0v) is 12.1. The highest BCUT2D eigenvalue weighted by Crippen LogP contribution is 2.27. The highest BCUT2D eigenvalue weighted by atomic mass is 16.5. The van der Waals surface area contributed by atoms with E-state index in [0.717, 1.165) is 38.5 Å². The van der Waals surface area contributed by atoms with Crippen LogP contribution in [0.4, 0.5) is 0 Å². The Labute approximate surface area is 111 Å². The van der Waals surface area contributed by atoms with Crippen LogP contribution in [0.5, 0.6) is 0 Å². The van der Waals surface area contributed by atoms with E-state index in [2.05, 4.69) is 24.1 Å². The van der Waals surface area contributed by atoms with Crippen molar-refractivity contribution < 1.29 is 9.53 Å². The smallest absolute Gasteiger partial charge is 0.324 e. The van der Waals surface area contributed by atoms with Crippen molar-refractivity contribution in [3.05, 3.63) is 0 Å². The summed E-state index contributed by atoms with van der Waals surface area (Å²) in [7, 11) is 1.46. The zero-order valence-electron chi connectivity index (χ0n) is 12.1. The number of ether oxygens (including phenoxy) is 1. The monoisotopic (exact) mass is 256 g/mol. The molecule has 4 heteroatoms. The number of rotatable bonds is 9. The number of methoxy groups -OCH3 is 1. The minimum absolute atomic E-state index is 0.143. The lowest BCUT2D eigenvalue weighted by atomic mass is 9.85. The van der Waals surface area contributed by atoms with E-state index < -0.39 is 0 Å². The fraction of sp³-hybridized carbons (Fsp3) is 0.929. The van der Waals surface area contributed by atoms with Gasteiger partial charge in [-0.25, -0.2) is 0 Å². The Kier molecular flexibility index (Phi) is 7.28. The number of carbonyl (C=O) groups is 1. The van der Waals surface area contributed by atoms with Gasteiger partial charge in [-0.1, -0.05) is 20.3 Å². The maximum atomic E-state index is 11.7. The Bertz CT molecular complexity index is 242. The van der Waals surface area contributed by atoms with Crippen molar-refractivity contribution in [3.8, 4) is 0 Å². The molecule has 0 aromatic carbocycles. The van der Waals surface area contributed by atoms with Crippen LogP contribution in [0.3, 0.4) is 0 Å². The molecule has 0 aromatic rings. The summed E-state index contributed by atoms with van der Waals surface area (Å²) in [6.07, 6.45) is 5.10. The van der Waals surface area contributed by atoms with Gasteiger partial charge in [0.25, 0.3) is 0 Å². The second-order valence-electron chi connectivity index (χ2n) is 5.18. The lowest BCUT2D eigenvalue weighted by Gasteiger charge is -2.33. The lowest BCUT2D eigenvalue weighted by molar-refractivity contribution is -0.143. The van der Waals surface area contributed by atoms with E-state index in [9.17, 15) is 4.79 Å². The van der Waals surface area contributed by atoms with E-state index in [1.807, 2.05) is 0 Å². The Morgan fingerprint density at radius 1 is 1.44 bits per heavy atom. The molecular formula is C14H28N2O2. The Morgan fingerprint density at radius 3 is 2.61 bits per heavy atom. The zero-order chi connectivity index (χ0) is 13.4. The van der Waals surface area contributed by atoms with Crippen LogP contribution in [0.1, 0.15) is 39.5 Å². The Morgan fingerprint density at radius 2 is 2.17 bits per heavy atom. The molecule has 0 aliphatic heterocycles. The van der Waals surface area contributed by atoms with Crippen LogP contribution < -0.4 is 5.32 Å². The third kappa shape index (κ3) is 4.94. The van der Waals surface area contributed by atoms with Crippen LogP contribution in [0.2, 0.25) is 0 Å². The molecule has 0 radical (unpaired) electrons. The van der Waals surface area contributed by atoms with E-state index in [1.54, 1.807) is 0 Å². The molecule has 0 aromatic heterocycles. The number of likely N-dealkylation sites (N-methyl/N-ethyl adjacent to an activating group) is 1. The highest BCUT2D eigenvalue weighted by Gasteiger charge is 2.24. The standard InChI is InChI=1S/C14H28N2O2/c1-4-9-15-13(14(17)18-3)11-16(5-2)10-12-7-6-8-12/h12-13,15H,4-11H2,1-3H3. The highest BCUT2D eigenvalue weighted by molar-refractivity contribution is 5.75. The number of carbonyl (C=O) groups excluding carboxylic acids is 1. The van der Waals surface area contributed by atoms with Crippen molar-refractivity contribution in [2.24, 2.45) is 5.92 Å². The van der Waals surface area contributed by atoms with Gasteiger partial charge in [0.2, 0.25) is 0 Å². The van der Waals surface area contributed by atoms with Gasteiger partial charge in [-0.3, -0.25) is 4.79 Å². The van der Waals surface area contributed by atoms with Crippen molar-refractivity contribution in [2.75, 3.05) is 33.3 Å². The van der Waals surface area contributed by atoms with Crippen LogP contribution >= 0.6 is 0 Å². The summed E-state index contributed by atoms with van der Waals surface area (Å²) < 4.78 is 4.87. The van der Waals surface area contributed by atoms with E-state index in [0.29, 0.717) is 0 Å². The van der Waals surface area contributed by atoms with Gasteiger partial charge in [-0.15, -0.1) is 0 Å². The number of nitrogens with one attached hydrogen (secondary N) is 1. The molecule has 0 bridgehead atoms. The number of hydrogen-bond donors (Lipinski definition) is 1. The van der Waals surface area contributed by atoms with Crippen LogP contribution in [-0.4, -0.2) is 50.2 Å². The third-order valence-corrected chi connectivity index (χ3v) is 3.76. The lowest BCUT2D eigenvalue weighted by Crippen LogP contribution is -2.48. The molecule has 1 saturated carbocycles. The van der Waals surface area contributed by atoms with Crippen molar-refractivity contribution in [1.29, 1.82) is 0 Å². The van der Waals surface area contributed by atoms with Crippen molar-refractivity contribution >= 4 is 5.97 Å². The second kappa shape index (κ2) is 8.48. The quantitative estimate of drug-likeness (QED) is 0.637. The van der Waals surface area contributed by atoms with Gasteiger partial charge in [0, 0.05) is 13.1 Å². The maximum absolute atomic E-state index is 11.7. The van der Waals surface area contributed by atoms with Crippen LogP contribution in [0, 0.1) is 5.92 Å². The molecule has 1 N–H and O–H groups in total. The summed E-state index contributed by atoms with van der Waals surface area (Å²) in [5.74, 6) is 0.699. The van der Waals surface area contributed by atoms with Gasteiger partial charge in [-0.2, -0.15) is 0 Å². The minimum Gasteiger partial charge on any atom is -0.468 e. The van der Waals surface area contributed by atoms with Gasteiger partial charge in [-0.05, 0) is 38.3 Å². The molecule has 0 saturated heterocycles. The summed E-state index contributed by atoms with van der Waals surface area (Å²) >= 11 is 0. The first-order valence-corrected chi connectivity index (χ1v) is 7.24. The third-order valence-electron chi connectivity index (χ3n) is 3.76. The summed E-state index contributed by atoms with van der Waals surface area (Å²) in [5.41, 5.74) is 0. The first-order chi connectivity index (χ1) is 8.71. The molecule has 18 heavy (non-hydrogen) atoms. The molecule has 106 valence electrons. The average Bonchev–Trinajstić information content (AvgIpc) is 2.35. The molecule has 0 amide bonds. The topological polar surface area (TPSA) is 41.6 Å². The first kappa shape index (κ1) is 15.4. The summed E-state index contributed by atoms with van der Waals surface area (Å²) in [4.78, 5) is 14.1. The first-order valence-electron chi connectivity index (χ1n) is 7.24. The van der Waals surface area contributed by atoms with E-state index in [1.165, 1.54) is 26.4 Å². The van der Waals surface area contributed by atoms with E-state index in [4.69, 9.17) is 4.74 Å². The van der Waals surface area contributed by atoms with Crippen LogP contribution in [0.15, 0.2) is 0 Å². The van der Waals surface area contributed by atoms with Crippen LogP contribution in [-0.2, 0) is 9.53 Å². The largest absolute Gasteiger partial charge is 0.468 e. The average molecular weight is 256 g/mol. The molecule has 1 unspecified atom stereocenters. The van der Waals surface area contributed by atoms with Crippen molar-refractivity contribution in [1.82, 2.24) is 10.2 Å². The van der Waals surface area contributed by atoms with Crippen molar-refractivity contribution in [2.45, 2.75) is 45.6 Å². The molecule has 0 heterocycles. The number of nitrogens with zero attached hydrogens (tertiary/aromatic N) is 1. The second-order valence-corrected chi connectivity index (χ2v) is 5.18. The fourth-order valence-electron chi connectivity index (χ4n) is 2.31. The number of hydrogen-bond acceptors (Lipinski definition) is 4. The predicted molar refractivity (Wildman–Crippen MR) is 73.6 cm³/mol. The predicted octanol–water partition coefficient (Wildman–Crippen LogP) is 1.65. The van der Waals surface area contributed by atoms with Crippen LogP contribution in [0.25, 0.3) is 0 Å². The summed E-state index contributed by atoms with van der Waals surface area (Å²) in [5, 5.41) is 3.28. The maximum Gasteiger partial charge on any atom is 0.324 e. The SMILES string of the molecule is CCCNC(CN(CC)CC1CCC1)C(=O)OC. The number of esters is 1. The van der Waals surface area contributed by atoms with Gasteiger partial charge in [0.05, 0.1) is 7.11 Å². The molecule has 0 spiro atoms. The molecular weight excluding hydrogens is 228 g/mol. The van der Waals surface area contributed by atoms with Gasteiger partial charge in [0.15, 0.2) is 0 Å². The molecule has 1 aliphatic carbocycles. The molecule has 1 aliphatic rings. The van der Waals surface area contributed by atoms with E-state index in [-0.39, 0.29) is 12.0 Å². The Hall–Kier alpha value is -0.610. The summed E-state index contributed by atoms with van der Waals surface area (Å²) in [6.45, 7) is 8.01. The fourth-order valence-corrected chi connectivity index (χ4v) is 2.31. The molecule has 4 nitrogen and oxygen atoms in total. The molecule has 1 fully saturated rings. The van der Waals surface area contributed by atoms with Gasteiger partial charge < -0.3 is 15.0 Å². The molecule has 1 atom stereocenters. The van der Waals surface area contributed by atoms with Gasteiger partial charge in [0.1, 0.15) is 6.04 Å².